The first kappa shape index (κ1) is 10.8. The maximum absolute atomic E-state index is 11.3. The van der Waals surface area contributed by atoms with Gasteiger partial charge in [-0.15, -0.1) is 0 Å². The van der Waals surface area contributed by atoms with Crippen molar-refractivity contribution in [1.82, 2.24) is 10.2 Å². The zero-order valence-electron chi connectivity index (χ0n) is 8.58. The van der Waals surface area contributed by atoms with E-state index in [1.165, 1.54) is 7.11 Å². The van der Waals surface area contributed by atoms with Gasteiger partial charge in [-0.1, -0.05) is 0 Å². The van der Waals surface area contributed by atoms with Gasteiger partial charge in [0.05, 0.1) is 13.0 Å². The van der Waals surface area contributed by atoms with Gasteiger partial charge in [-0.05, 0) is 12.8 Å². The SMILES string of the molecule is CNC(=O)N1CCCC(C(=O)OC)C1. The lowest BCUT2D eigenvalue weighted by Gasteiger charge is -2.30. The number of carbonyl (C=O) groups is 2. The van der Waals surface area contributed by atoms with Crippen LogP contribution in [0.4, 0.5) is 4.79 Å². The number of likely N-dealkylation sites (tertiary alicyclic amines) is 1. The number of rotatable bonds is 1. The van der Waals surface area contributed by atoms with Crippen LogP contribution in [0.15, 0.2) is 0 Å². The molecule has 0 bridgehead atoms. The molecule has 1 heterocycles. The maximum Gasteiger partial charge on any atom is 0.317 e. The first-order valence-electron chi connectivity index (χ1n) is 4.73. The molecule has 0 aliphatic carbocycles. The molecule has 1 aliphatic heterocycles. The molecular formula is C9H16N2O3. The van der Waals surface area contributed by atoms with E-state index in [-0.39, 0.29) is 17.9 Å². The lowest BCUT2D eigenvalue weighted by Crippen LogP contribution is -2.46. The standard InChI is InChI=1S/C9H16N2O3/c1-10-9(13)11-5-3-4-7(6-11)8(12)14-2/h7H,3-6H2,1-2H3,(H,10,13). The molecule has 1 atom stereocenters. The number of amides is 2. The van der Waals surface area contributed by atoms with Crippen molar-refractivity contribution in [3.63, 3.8) is 0 Å². The van der Waals surface area contributed by atoms with Crippen molar-refractivity contribution in [2.75, 3.05) is 27.2 Å². The molecule has 80 valence electrons. The molecule has 0 radical (unpaired) electrons. The van der Waals surface area contributed by atoms with Crippen molar-refractivity contribution in [1.29, 1.82) is 0 Å². The Morgan fingerprint density at radius 2 is 2.21 bits per heavy atom. The van der Waals surface area contributed by atoms with E-state index in [4.69, 9.17) is 0 Å². The summed E-state index contributed by atoms with van der Waals surface area (Å²) in [6.45, 7) is 1.18. The zero-order chi connectivity index (χ0) is 10.6. The lowest BCUT2D eigenvalue weighted by atomic mass is 9.98. The van der Waals surface area contributed by atoms with Gasteiger partial charge in [0.2, 0.25) is 0 Å². The van der Waals surface area contributed by atoms with Gasteiger partial charge in [-0.3, -0.25) is 4.79 Å². The van der Waals surface area contributed by atoms with Crippen LogP contribution in [-0.4, -0.2) is 44.1 Å². The normalized spacial score (nSPS) is 21.6. The summed E-state index contributed by atoms with van der Waals surface area (Å²) in [7, 11) is 2.96. The van der Waals surface area contributed by atoms with E-state index < -0.39 is 0 Å². The third kappa shape index (κ3) is 2.37. The second kappa shape index (κ2) is 4.83. The number of ether oxygens (including phenoxy) is 1. The first-order chi connectivity index (χ1) is 6.69. The average Bonchev–Trinajstić information content (AvgIpc) is 2.27. The smallest absolute Gasteiger partial charge is 0.317 e. The molecule has 1 aliphatic rings. The van der Waals surface area contributed by atoms with E-state index >= 15 is 0 Å². The van der Waals surface area contributed by atoms with Crippen LogP contribution in [0.1, 0.15) is 12.8 Å². The minimum atomic E-state index is -0.224. The minimum absolute atomic E-state index is 0.126. The summed E-state index contributed by atoms with van der Waals surface area (Å²) in [6.07, 6.45) is 1.66. The van der Waals surface area contributed by atoms with E-state index in [9.17, 15) is 9.59 Å². The van der Waals surface area contributed by atoms with Gasteiger partial charge in [-0.25, -0.2) is 4.79 Å². The number of urea groups is 1. The molecule has 1 unspecified atom stereocenters. The van der Waals surface area contributed by atoms with Gasteiger partial charge in [0.1, 0.15) is 0 Å². The third-order valence-electron chi connectivity index (χ3n) is 2.46. The summed E-state index contributed by atoms with van der Waals surface area (Å²) in [5.74, 6) is -0.385. The molecule has 0 aromatic rings. The fourth-order valence-electron chi connectivity index (χ4n) is 1.68. The zero-order valence-corrected chi connectivity index (χ0v) is 8.58. The van der Waals surface area contributed by atoms with Gasteiger partial charge < -0.3 is 15.0 Å². The van der Waals surface area contributed by atoms with Crippen molar-refractivity contribution in [3.05, 3.63) is 0 Å². The lowest BCUT2D eigenvalue weighted by molar-refractivity contribution is -0.146. The second-order valence-corrected chi connectivity index (χ2v) is 3.36. The highest BCUT2D eigenvalue weighted by atomic mass is 16.5. The van der Waals surface area contributed by atoms with Crippen molar-refractivity contribution >= 4 is 12.0 Å². The van der Waals surface area contributed by atoms with E-state index in [2.05, 4.69) is 10.1 Å². The third-order valence-corrected chi connectivity index (χ3v) is 2.46. The van der Waals surface area contributed by atoms with Gasteiger partial charge in [-0.2, -0.15) is 0 Å². The Labute approximate surface area is 83.4 Å². The van der Waals surface area contributed by atoms with Crippen molar-refractivity contribution < 1.29 is 14.3 Å². The Kier molecular flexibility index (Phi) is 3.73. The first-order valence-corrected chi connectivity index (χ1v) is 4.73. The van der Waals surface area contributed by atoms with Gasteiger partial charge in [0, 0.05) is 20.1 Å². The van der Waals surface area contributed by atoms with Gasteiger partial charge >= 0.3 is 12.0 Å². The number of nitrogens with one attached hydrogen (secondary N) is 1. The number of methoxy groups -OCH3 is 1. The summed E-state index contributed by atoms with van der Waals surface area (Å²) >= 11 is 0. The van der Waals surface area contributed by atoms with Crippen molar-refractivity contribution in [2.45, 2.75) is 12.8 Å². The Hall–Kier alpha value is -1.26. The summed E-state index contributed by atoms with van der Waals surface area (Å²) in [5.41, 5.74) is 0. The average molecular weight is 200 g/mol. The topological polar surface area (TPSA) is 58.6 Å². The minimum Gasteiger partial charge on any atom is -0.469 e. The highest BCUT2D eigenvalue weighted by Gasteiger charge is 2.28. The summed E-state index contributed by atoms with van der Waals surface area (Å²) in [6, 6.07) is -0.126. The van der Waals surface area contributed by atoms with E-state index in [1.807, 2.05) is 0 Å². The van der Waals surface area contributed by atoms with Crippen LogP contribution in [0.2, 0.25) is 0 Å². The number of carbonyl (C=O) groups excluding carboxylic acids is 2. The fourth-order valence-corrected chi connectivity index (χ4v) is 1.68. The molecular weight excluding hydrogens is 184 g/mol. The Morgan fingerprint density at radius 3 is 2.79 bits per heavy atom. The highest BCUT2D eigenvalue weighted by molar-refractivity contribution is 5.77. The Balaban J connectivity index is 2.51. The molecule has 1 N–H and O–H groups in total. The number of hydrogen-bond acceptors (Lipinski definition) is 3. The molecule has 0 spiro atoms. The van der Waals surface area contributed by atoms with Crippen molar-refractivity contribution in [3.8, 4) is 0 Å². The summed E-state index contributed by atoms with van der Waals surface area (Å²) in [4.78, 5) is 24.2. The van der Waals surface area contributed by atoms with Crippen LogP contribution in [-0.2, 0) is 9.53 Å². The van der Waals surface area contributed by atoms with E-state index in [0.717, 1.165) is 12.8 Å². The van der Waals surface area contributed by atoms with Crippen LogP contribution in [0.3, 0.4) is 0 Å². The number of nitrogens with zero attached hydrogens (tertiary/aromatic N) is 1. The van der Waals surface area contributed by atoms with Crippen LogP contribution in [0, 0.1) is 5.92 Å². The number of hydrogen-bond donors (Lipinski definition) is 1. The van der Waals surface area contributed by atoms with Gasteiger partial charge in [0.15, 0.2) is 0 Å². The van der Waals surface area contributed by atoms with Crippen LogP contribution < -0.4 is 5.32 Å². The molecule has 2 amide bonds. The van der Waals surface area contributed by atoms with E-state index in [1.54, 1.807) is 11.9 Å². The van der Waals surface area contributed by atoms with Gasteiger partial charge in [0.25, 0.3) is 0 Å². The largest absolute Gasteiger partial charge is 0.469 e. The van der Waals surface area contributed by atoms with Crippen LogP contribution in [0.5, 0.6) is 0 Å². The number of esters is 1. The molecule has 0 aromatic heterocycles. The Morgan fingerprint density at radius 1 is 1.50 bits per heavy atom. The Bertz CT molecular complexity index is 208. The molecule has 0 aromatic carbocycles. The van der Waals surface area contributed by atoms with Crippen LogP contribution in [0.25, 0.3) is 0 Å². The van der Waals surface area contributed by atoms with Crippen LogP contribution >= 0.6 is 0 Å². The summed E-state index contributed by atoms with van der Waals surface area (Å²) in [5, 5.41) is 2.55. The van der Waals surface area contributed by atoms with E-state index in [0.29, 0.717) is 13.1 Å². The number of piperidine rings is 1. The monoisotopic (exact) mass is 200 g/mol. The molecule has 5 heteroatoms. The summed E-state index contributed by atoms with van der Waals surface area (Å²) < 4.78 is 4.65. The fraction of sp³-hybridized carbons (Fsp3) is 0.778. The predicted octanol–water partition coefficient (Wildman–Crippen LogP) is 0.211. The van der Waals surface area contributed by atoms with Crippen molar-refractivity contribution in [2.24, 2.45) is 5.92 Å². The molecule has 5 nitrogen and oxygen atoms in total. The predicted molar refractivity (Wildman–Crippen MR) is 50.8 cm³/mol. The molecule has 14 heavy (non-hydrogen) atoms. The molecule has 1 rings (SSSR count). The maximum atomic E-state index is 11.3. The molecule has 1 fully saturated rings. The highest BCUT2D eigenvalue weighted by Crippen LogP contribution is 2.17. The molecule has 0 saturated carbocycles. The molecule has 1 saturated heterocycles. The quantitative estimate of drug-likeness (QED) is 0.615. The second-order valence-electron chi connectivity index (χ2n) is 3.36.